The maximum atomic E-state index is 13.2. The average Bonchev–Trinajstić information content (AvgIpc) is 2.78. The Balaban J connectivity index is 1.51. The summed E-state index contributed by atoms with van der Waals surface area (Å²) in [6.45, 7) is 2.06. The maximum absolute atomic E-state index is 13.2. The number of aromatic nitrogens is 2. The number of amides is 1. The zero-order chi connectivity index (χ0) is 16.9. The lowest BCUT2D eigenvalue weighted by molar-refractivity contribution is -0.136. The Morgan fingerprint density at radius 3 is 2.88 bits per heavy atom. The van der Waals surface area contributed by atoms with Gasteiger partial charge in [-0.25, -0.2) is 9.37 Å². The van der Waals surface area contributed by atoms with Crippen LogP contribution in [0.2, 0.25) is 0 Å². The SMILES string of the molecule is CC(OC1CCCCCC1)C(=O)NCc1nc2ccc(F)cc2[nH]1. The molecule has 2 aromatic rings. The molecule has 5 nitrogen and oxygen atoms in total. The van der Waals surface area contributed by atoms with Crippen molar-refractivity contribution in [2.24, 2.45) is 0 Å². The summed E-state index contributed by atoms with van der Waals surface area (Å²) in [5, 5.41) is 2.83. The monoisotopic (exact) mass is 333 g/mol. The fourth-order valence-electron chi connectivity index (χ4n) is 3.16. The second-order valence-electron chi connectivity index (χ2n) is 6.45. The number of carbonyl (C=O) groups excluding carboxylic acids is 1. The van der Waals surface area contributed by atoms with Gasteiger partial charge in [0.25, 0.3) is 0 Å². The molecular formula is C18H24FN3O2. The van der Waals surface area contributed by atoms with E-state index < -0.39 is 6.10 Å². The summed E-state index contributed by atoms with van der Waals surface area (Å²) in [6.07, 6.45) is 6.64. The average molecular weight is 333 g/mol. The molecule has 0 radical (unpaired) electrons. The number of benzene rings is 1. The lowest BCUT2D eigenvalue weighted by Gasteiger charge is -2.20. The Hall–Kier alpha value is -1.95. The lowest BCUT2D eigenvalue weighted by Crippen LogP contribution is -2.36. The number of hydrogen-bond acceptors (Lipinski definition) is 3. The summed E-state index contributed by atoms with van der Waals surface area (Å²) in [6, 6.07) is 4.38. The van der Waals surface area contributed by atoms with Gasteiger partial charge in [-0.05, 0) is 38.0 Å². The summed E-state index contributed by atoms with van der Waals surface area (Å²) in [5.41, 5.74) is 1.31. The van der Waals surface area contributed by atoms with Gasteiger partial charge in [0.2, 0.25) is 5.91 Å². The highest BCUT2D eigenvalue weighted by atomic mass is 19.1. The van der Waals surface area contributed by atoms with Crippen LogP contribution in [0.25, 0.3) is 11.0 Å². The van der Waals surface area contributed by atoms with E-state index >= 15 is 0 Å². The highest BCUT2D eigenvalue weighted by Gasteiger charge is 2.20. The van der Waals surface area contributed by atoms with Crippen molar-refractivity contribution in [2.75, 3.05) is 0 Å². The molecule has 1 aromatic carbocycles. The van der Waals surface area contributed by atoms with E-state index in [1.165, 1.54) is 37.8 Å². The van der Waals surface area contributed by atoms with Crippen LogP contribution in [0.1, 0.15) is 51.3 Å². The molecule has 1 aliphatic rings. The molecule has 1 saturated carbocycles. The van der Waals surface area contributed by atoms with Crippen LogP contribution < -0.4 is 5.32 Å². The molecule has 6 heteroatoms. The first-order valence-electron chi connectivity index (χ1n) is 8.69. The summed E-state index contributed by atoms with van der Waals surface area (Å²) < 4.78 is 19.1. The van der Waals surface area contributed by atoms with Gasteiger partial charge in [-0.3, -0.25) is 4.79 Å². The first-order chi connectivity index (χ1) is 11.6. The molecule has 1 amide bonds. The first kappa shape index (κ1) is 16.9. The van der Waals surface area contributed by atoms with E-state index in [4.69, 9.17) is 4.74 Å². The van der Waals surface area contributed by atoms with E-state index in [9.17, 15) is 9.18 Å². The maximum Gasteiger partial charge on any atom is 0.249 e. The van der Waals surface area contributed by atoms with Gasteiger partial charge in [-0.15, -0.1) is 0 Å². The van der Waals surface area contributed by atoms with Gasteiger partial charge in [-0.1, -0.05) is 25.7 Å². The van der Waals surface area contributed by atoms with Crippen molar-refractivity contribution in [3.8, 4) is 0 Å². The van der Waals surface area contributed by atoms with Crippen molar-refractivity contribution in [1.29, 1.82) is 0 Å². The molecule has 1 fully saturated rings. The van der Waals surface area contributed by atoms with E-state index in [-0.39, 0.29) is 24.4 Å². The van der Waals surface area contributed by atoms with Crippen molar-refractivity contribution in [3.05, 3.63) is 29.8 Å². The van der Waals surface area contributed by atoms with Crippen molar-refractivity contribution < 1.29 is 13.9 Å². The molecule has 3 rings (SSSR count). The van der Waals surface area contributed by atoms with Crippen LogP contribution >= 0.6 is 0 Å². The zero-order valence-corrected chi connectivity index (χ0v) is 14.0. The smallest absolute Gasteiger partial charge is 0.249 e. The summed E-state index contributed by atoms with van der Waals surface area (Å²) in [4.78, 5) is 19.6. The van der Waals surface area contributed by atoms with Crippen molar-refractivity contribution in [2.45, 2.75) is 64.2 Å². The Bertz CT molecular complexity index is 693. The molecule has 1 atom stereocenters. The van der Waals surface area contributed by atoms with E-state index in [0.717, 1.165) is 12.8 Å². The topological polar surface area (TPSA) is 67.0 Å². The Kier molecular flexibility index (Phi) is 5.45. The molecule has 130 valence electrons. The van der Waals surface area contributed by atoms with Crippen LogP contribution in [0.4, 0.5) is 4.39 Å². The standard InChI is InChI=1S/C18H24FN3O2/c1-12(24-14-6-4-2-3-5-7-14)18(23)20-11-17-21-15-9-8-13(19)10-16(15)22-17/h8-10,12,14H,2-7,11H2,1H3,(H,20,23)(H,21,22). The lowest BCUT2D eigenvalue weighted by atomic mass is 10.1. The number of imidazole rings is 1. The third-order valence-corrected chi connectivity index (χ3v) is 4.49. The van der Waals surface area contributed by atoms with E-state index in [1.54, 1.807) is 13.0 Å². The molecule has 2 N–H and O–H groups in total. The number of nitrogens with one attached hydrogen (secondary N) is 2. The van der Waals surface area contributed by atoms with Crippen LogP contribution in [0.3, 0.4) is 0 Å². The van der Waals surface area contributed by atoms with Crippen LogP contribution in [-0.2, 0) is 16.1 Å². The van der Waals surface area contributed by atoms with E-state index in [2.05, 4.69) is 15.3 Å². The minimum Gasteiger partial charge on any atom is -0.365 e. The fraction of sp³-hybridized carbons (Fsp3) is 0.556. The number of aromatic amines is 1. The minimum atomic E-state index is -0.477. The largest absolute Gasteiger partial charge is 0.365 e. The van der Waals surface area contributed by atoms with Crippen LogP contribution in [0.15, 0.2) is 18.2 Å². The fourth-order valence-corrected chi connectivity index (χ4v) is 3.16. The Labute approximate surface area is 141 Å². The van der Waals surface area contributed by atoms with Crippen LogP contribution in [-0.4, -0.2) is 28.1 Å². The van der Waals surface area contributed by atoms with E-state index in [1.807, 2.05) is 0 Å². The van der Waals surface area contributed by atoms with Gasteiger partial charge in [0.15, 0.2) is 0 Å². The quantitative estimate of drug-likeness (QED) is 0.824. The van der Waals surface area contributed by atoms with Crippen molar-refractivity contribution in [3.63, 3.8) is 0 Å². The molecule has 1 unspecified atom stereocenters. The number of rotatable bonds is 5. The summed E-state index contributed by atoms with van der Waals surface area (Å²) in [5.74, 6) is 0.142. The highest BCUT2D eigenvalue weighted by molar-refractivity contribution is 5.80. The molecular weight excluding hydrogens is 309 g/mol. The van der Waals surface area contributed by atoms with Crippen molar-refractivity contribution in [1.82, 2.24) is 15.3 Å². The number of H-pyrrole nitrogens is 1. The normalized spacial score (nSPS) is 17.6. The number of halogens is 1. The van der Waals surface area contributed by atoms with Crippen molar-refractivity contribution >= 4 is 16.9 Å². The predicted octanol–water partition coefficient (Wildman–Crippen LogP) is 3.45. The number of ether oxygens (including phenoxy) is 1. The summed E-state index contributed by atoms with van der Waals surface area (Å²) >= 11 is 0. The summed E-state index contributed by atoms with van der Waals surface area (Å²) in [7, 11) is 0. The number of nitrogens with zero attached hydrogens (tertiary/aromatic N) is 1. The van der Waals surface area contributed by atoms with Crippen LogP contribution in [0, 0.1) is 5.82 Å². The molecule has 1 aromatic heterocycles. The van der Waals surface area contributed by atoms with Gasteiger partial charge in [-0.2, -0.15) is 0 Å². The second kappa shape index (κ2) is 7.75. The zero-order valence-electron chi connectivity index (χ0n) is 14.0. The number of fused-ring (bicyclic) bond motifs is 1. The van der Waals surface area contributed by atoms with Gasteiger partial charge in [0.05, 0.1) is 23.7 Å². The Morgan fingerprint density at radius 1 is 1.38 bits per heavy atom. The molecule has 1 heterocycles. The van der Waals surface area contributed by atoms with Gasteiger partial charge >= 0.3 is 0 Å². The van der Waals surface area contributed by atoms with E-state index in [0.29, 0.717) is 16.9 Å². The predicted molar refractivity (Wildman–Crippen MR) is 89.9 cm³/mol. The minimum absolute atomic E-state index is 0.147. The second-order valence-corrected chi connectivity index (χ2v) is 6.45. The van der Waals surface area contributed by atoms with Crippen LogP contribution in [0.5, 0.6) is 0 Å². The molecule has 0 bridgehead atoms. The van der Waals surface area contributed by atoms with Gasteiger partial charge < -0.3 is 15.0 Å². The molecule has 0 aliphatic heterocycles. The Morgan fingerprint density at radius 2 is 2.12 bits per heavy atom. The third kappa shape index (κ3) is 4.32. The molecule has 1 aliphatic carbocycles. The molecule has 24 heavy (non-hydrogen) atoms. The van der Waals surface area contributed by atoms with Gasteiger partial charge in [0, 0.05) is 0 Å². The van der Waals surface area contributed by atoms with Gasteiger partial charge in [0.1, 0.15) is 17.7 Å². The number of carbonyl (C=O) groups is 1. The molecule has 0 saturated heterocycles. The molecule has 0 spiro atoms. The third-order valence-electron chi connectivity index (χ3n) is 4.49. The highest BCUT2D eigenvalue weighted by Crippen LogP contribution is 2.21. The first-order valence-corrected chi connectivity index (χ1v) is 8.69. The number of hydrogen-bond donors (Lipinski definition) is 2.